The molecular weight excluding hydrogens is 919 g/mol. The van der Waals surface area contributed by atoms with Crippen LogP contribution in [0.5, 0.6) is 0 Å². The van der Waals surface area contributed by atoms with Gasteiger partial charge in [-0.3, -0.25) is 0 Å². The van der Waals surface area contributed by atoms with Crippen molar-refractivity contribution in [3.05, 3.63) is 160 Å². The maximum atomic E-state index is 7.76. The molecule has 5 aromatic carbocycles. The van der Waals surface area contributed by atoms with Crippen LogP contribution in [0.2, 0.25) is 0 Å². The Hall–Kier alpha value is -5.26. The van der Waals surface area contributed by atoms with Crippen molar-refractivity contribution in [2.45, 2.75) is 79.9 Å². The minimum atomic E-state index is -2.29. The fraction of sp³-hybridized carbons (Fsp3) is 0.226. The van der Waals surface area contributed by atoms with E-state index in [1.54, 1.807) is 23.5 Å². The fourth-order valence-corrected chi connectivity index (χ4v) is 8.42. The molecule has 4 nitrogen and oxygen atoms in total. The first-order valence-electron chi connectivity index (χ1n) is 22.4. The molecule has 0 spiro atoms. The summed E-state index contributed by atoms with van der Waals surface area (Å²) in [6.45, 7) is 13.3. The van der Waals surface area contributed by atoms with E-state index in [1.165, 1.54) is 46.1 Å². The van der Waals surface area contributed by atoms with E-state index in [0.29, 0.717) is 16.8 Å². The number of furan rings is 1. The molecule has 0 fully saturated rings. The molecule has 4 heterocycles. The van der Waals surface area contributed by atoms with Gasteiger partial charge in [-0.15, -0.1) is 64.9 Å². The quantitative estimate of drug-likeness (QED) is 0.165. The van der Waals surface area contributed by atoms with Gasteiger partial charge in [0.1, 0.15) is 11.1 Å². The van der Waals surface area contributed by atoms with Gasteiger partial charge in [0.2, 0.25) is 0 Å². The molecule has 4 aromatic heterocycles. The second kappa shape index (κ2) is 16.4. The van der Waals surface area contributed by atoms with Crippen LogP contribution in [0.4, 0.5) is 0 Å². The molecule has 0 saturated heterocycles. The maximum Gasteiger partial charge on any atom is 0.148 e. The first-order chi connectivity index (χ1) is 30.1. The second-order valence-corrected chi connectivity index (χ2v) is 17.9. The summed E-state index contributed by atoms with van der Waals surface area (Å²) in [5.41, 5.74) is 13.4. The van der Waals surface area contributed by atoms with Gasteiger partial charge in [-0.1, -0.05) is 126 Å². The Morgan fingerprint density at radius 1 is 0.678 bits per heavy atom. The molecule has 299 valence electrons. The third-order valence-corrected chi connectivity index (χ3v) is 11.8. The van der Waals surface area contributed by atoms with Crippen LogP contribution in [0.15, 0.2) is 120 Å². The van der Waals surface area contributed by atoms with Crippen molar-refractivity contribution in [3.8, 4) is 44.8 Å². The fourth-order valence-electron chi connectivity index (χ4n) is 7.40. The largest absolute Gasteiger partial charge is 0.498 e. The van der Waals surface area contributed by atoms with E-state index >= 15 is 0 Å². The van der Waals surface area contributed by atoms with E-state index < -0.39 is 13.7 Å². The average Bonchev–Trinajstić information content (AvgIpc) is 3.86. The van der Waals surface area contributed by atoms with Crippen molar-refractivity contribution in [2.75, 3.05) is 0 Å². The van der Waals surface area contributed by atoms with Crippen LogP contribution in [0, 0.1) is 39.7 Å². The minimum Gasteiger partial charge on any atom is -0.498 e. The van der Waals surface area contributed by atoms with E-state index in [0.717, 1.165) is 54.0 Å². The van der Waals surface area contributed by atoms with E-state index in [4.69, 9.17) is 22.6 Å². The Balaban J connectivity index is 0.000000205. The third-order valence-electron chi connectivity index (χ3n) is 10.4. The van der Waals surface area contributed by atoms with Crippen LogP contribution in [-0.2, 0) is 30.9 Å². The van der Waals surface area contributed by atoms with Crippen molar-refractivity contribution in [3.63, 3.8) is 0 Å². The molecule has 0 aliphatic rings. The number of pyridine rings is 2. The summed E-state index contributed by atoms with van der Waals surface area (Å²) in [5, 5.41) is 3.27. The summed E-state index contributed by atoms with van der Waals surface area (Å²) in [6, 6.07) is 39.0. The maximum absolute atomic E-state index is 7.76. The van der Waals surface area contributed by atoms with Crippen molar-refractivity contribution in [1.82, 2.24) is 15.0 Å². The molecule has 0 atom stereocenters. The standard InChI is InChI=1S/C34H33N2OS.C19H16N.Ir/c1-19-11-9-12-20(2)28(19)24-18-35-26(17-25(24)33(3,4)5)23-14-10-13-21-22-15-16-27-29(31(22)37-30(21)23)36-32(38-27)34(6,7)8;1-14-8-10-17(11-9-14)19-12-18(15(2)13-20-19)16-6-4-3-5-7-16;/h9-13,15-18H,1-8H3;3-10,12-13H,1-2H3;/q2*-1;/i;1D3,2D3;. The van der Waals surface area contributed by atoms with E-state index in [2.05, 4.69) is 115 Å². The smallest absolute Gasteiger partial charge is 0.148 e. The van der Waals surface area contributed by atoms with Crippen LogP contribution in [-0.4, -0.2) is 15.0 Å². The molecule has 1 radical (unpaired) electrons. The van der Waals surface area contributed by atoms with Crippen molar-refractivity contribution in [1.29, 1.82) is 0 Å². The molecule has 0 N–H and O–H groups in total. The molecule has 0 bridgehead atoms. The van der Waals surface area contributed by atoms with Crippen molar-refractivity contribution >= 4 is 43.5 Å². The zero-order valence-corrected chi connectivity index (χ0v) is 37.7. The van der Waals surface area contributed by atoms with Gasteiger partial charge in [-0.05, 0) is 82.5 Å². The number of nitrogens with zero attached hydrogens (tertiary/aromatic N) is 3. The molecule has 0 unspecified atom stereocenters. The summed E-state index contributed by atoms with van der Waals surface area (Å²) in [6.07, 6.45) is 3.39. The number of benzene rings is 5. The van der Waals surface area contributed by atoms with Crippen molar-refractivity contribution < 1.29 is 32.7 Å². The summed E-state index contributed by atoms with van der Waals surface area (Å²) in [4.78, 5) is 14.3. The zero-order valence-electron chi connectivity index (χ0n) is 40.5. The molecule has 9 rings (SSSR count). The van der Waals surface area contributed by atoms with Crippen LogP contribution in [0.3, 0.4) is 0 Å². The van der Waals surface area contributed by atoms with Gasteiger partial charge >= 0.3 is 0 Å². The molecule has 0 saturated carbocycles. The van der Waals surface area contributed by atoms with Crippen LogP contribution < -0.4 is 0 Å². The Kier molecular flexibility index (Phi) is 9.62. The summed E-state index contributed by atoms with van der Waals surface area (Å²) in [7, 11) is 0. The molecule has 0 aliphatic heterocycles. The first kappa shape index (κ1) is 34.6. The Labute approximate surface area is 374 Å². The van der Waals surface area contributed by atoms with Gasteiger partial charge in [0.05, 0.1) is 15.3 Å². The van der Waals surface area contributed by atoms with Crippen molar-refractivity contribution in [2.24, 2.45) is 0 Å². The number of aromatic nitrogens is 3. The predicted octanol–water partition coefficient (Wildman–Crippen LogP) is 14.8. The Bertz CT molecular complexity index is 3160. The average molecular weight is 974 g/mol. The number of thiazole rings is 1. The predicted molar refractivity (Wildman–Crippen MR) is 245 cm³/mol. The molecule has 0 amide bonds. The normalized spacial score (nSPS) is 13.7. The molecular formula is C53H49IrN3OS-2. The van der Waals surface area contributed by atoms with Gasteiger partial charge in [0, 0.05) is 57.1 Å². The van der Waals surface area contributed by atoms with E-state index in [-0.39, 0.29) is 42.1 Å². The monoisotopic (exact) mass is 974 g/mol. The molecule has 59 heavy (non-hydrogen) atoms. The van der Waals surface area contributed by atoms with Gasteiger partial charge in [0.25, 0.3) is 0 Å². The summed E-state index contributed by atoms with van der Waals surface area (Å²) in [5.74, 6) is 0. The number of hydrogen-bond donors (Lipinski definition) is 0. The van der Waals surface area contributed by atoms with E-state index in [9.17, 15) is 0 Å². The Morgan fingerprint density at radius 3 is 2.10 bits per heavy atom. The molecule has 6 heteroatoms. The summed E-state index contributed by atoms with van der Waals surface area (Å²) < 4.78 is 53.3. The minimum absolute atomic E-state index is 0. The first-order valence-corrected chi connectivity index (χ1v) is 20.2. The number of hydrogen-bond acceptors (Lipinski definition) is 5. The number of rotatable bonds is 4. The van der Waals surface area contributed by atoms with Gasteiger partial charge < -0.3 is 14.4 Å². The van der Waals surface area contributed by atoms with Crippen LogP contribution >= 0.6 is 11.3 Å². The van der Waals surface area contributed by atoms with Gasteiger partial charge in [0.15, 0.2) is 0 Å². The van der Waals surface area contributed by atoms with E-state index in [1.807, 2.05) is 42.6 Å². The third kappa shape index (κ3) is 8.32. The zero-order chi connectivity index (χ0) is 45.9. The van der Waals surface area contributed by atoms with Gasteiger partial charge in [-0.2, -0.15) is 0 Å². The molecule has 0 aliphatic carbocycles. The molecule has 9 aromatic rings. The number of aryl methyl sites for hydroxylation is 4. The number of fused-ring (bicyclic) bond motifs is 5. The topological polar surface area (TPSA) is 51.8 Å². The SMILES string of the molecule is Cc1cccc(C)c1-c1cnc(-c2[c-]ccc3c2oc2c3ccc3sc(C(C)(C)C)nc32)cc1C(C)(C)C.[2H]C([2H])([2H])c1c[c-]c(-c2cc(-c3ccccc3)c(C([2H])([2H])[2H])cn2)cc1.[Ir]. The van der Waals surface area contributed by atoms with Crippen LogP contribution in [0.1, 0.15) is 82.6 Å². The summed E-state index contributed by atoms with van der Waals surface area (Å²) >= 11 is 1.74. The van der Waals surface area contributed by atoms with Crippen LogP contribution in [0.25, 0.3) is 76.9 Å². The second-order valence-electron chi connectivity index (χ2n) is 16.9. The van der Waals surface area contributed by atoms with Gasteiger partial charge in [-0.25, -0.2) is 4.98 Å². The Morgan fingerprint density at radius 2 is 1.42 bits per heavy atom.